The third kappa shape index (κ3) is 7.45. The number of carbonyl (C=O) groups is 1. The van der Waals surface area contributed by atoms with E-state index in [1.807, 2.05) is 0 Å². The van der Waals surface area contributed by atoms with Gasteiger partial charge in [0, 0.05) is 33.1 Å². The molecule has 14 heteroatoms. The number of fused-ring (bicyclic) bond motifs is 2. The molecule has 3 rings (SSSR count). The van der Waals surface area contributed by atoms with E-state index in [4.69, 9.17) is 44.1 Å². The molecule has 0 radical (unpaired) electrons. The number of rotatable bonds is 15. The summed E-state index contributed by atoms with van der Waals surface area (Å²) in [7, 11) is 7.30. The topological polar surface area (TPSA) is 190 Å². The van der Waals surface area contributed by atoms with Crippen molar-refractivity contribution in [3.05, 3.63) is 22.4 Å². The minimum Gasteiger partial charge on any atom is -0.504 e. The number of methoxy groups -OCH3 is 4. The predicted octanol–water partition coefficient (Wildman–Crippen LogP) is 0.941. The quantitative estimate of drug-likeness (QED) is 0.123. The second-order valence-corrected chi connectivity index (χ2v) is 8.91. The molecule has 0 aliphatic carbocycles. The normalized spacial score (nSPS) is 10.9. The first-order valence-electron chi connectivity index (χ1n) is 13.1. The first kappa shape index (κ1) is 34.2. The van der Waals surface area contributed by atoms with Crippen LogP contribution in [0.2, 0.25) is 0 Å². The summed E-state index contributed by atoms with van der Waals surface area (Å²) in [5, 5.41) is 45.4. The molecule has 0 unspecified atom stereocenters. The number of aliphatic carboxylic acids is 1. The van der Waals surface area contributed by atoms with Crippen LogP contribution in [0.5, 0.6) is 34.5 Å². The summed E-state index contributed by atoms with van der Waals surface area (Å²) in [6.45, 7) is 1.91. The molecule has 0 saturated carbocycles. The monoisotopic (exact) mass is 596 g/mol. The van der Waals surface area contributed by atoms with Gasteiger partial charge in [-0.1, -0.05) is 0 Å². The Morgan fingerprint density at radius 3 is 1.86 bits per heavy atom. The number of phenolic OH excluding ortho intramolecular Hbond substituents is 1. The number of hydrogen-bond acceptors (Lipinski definition) is 12. The van der Waals surface area contributed by atoms with Crippen LogP contribution in [0.4, 0.5) is 0 Å². The Morgan fingerprint density at radius 1 is 0.833 bits per heavy atom. The number of aliphatic hydroxyl groups excluding tert-OH is 3. The molecule has 0 aliphatic heterocycles. The van der Waals surface area contributed by atoms with Crippen LogP contribution in [0.3, 0.4) is 0 Å². The first-order valence-corrected chi connectivity index (χ1v) is 13.1. The SMILES string of the molecule is COc1c(OC)c(OC)c2c(c1O)c(=O)c1ccc(OCCCC(=O)O)c(OC)c1n2C.OCCN(CCO)CCO. The van der Waals surface area contributed by atoms with Crippen LogP contribution in [0.1, 0.15) is 12.8 Å². The van der Waals surface area contributed by atoms with Crippen molar-refractivity contribution in [1.29, 1.82) is 0 Å². The van der Waals surface area contributed by atoms with Crippen LogP contribution >= 0.6 is 0 Å². The van der Waals surface area contributed by atoms with Crippen LogP contribution in [-0.2, 0) is 11.8 Å². The maximum Gasteiger partial charge on any atom is 0.303 e. The Hall–Kier alpha value is -3.98. The minimum absolute atomic E-state index is 0.00618. The highest BCUT2D eigenvalue weighted by molar-refractivity contribution is 6.04. The highest BCUT2D eigenvalue weighted by atomic mass is 16.5. The van der Waals surface area contributed by atoms with Gasteiger partial charge in [0.05, 0.1) is 71.2 Å². The van der Waals surface area contributed by atoms with E-state index in [1.165, 1.54) is 28.4 Å². The molecule has 0 saturated heterocycles. The lowest BCUT2D eigenvalue weighted by Gasteiger charge is -2.21. The van der Waals surface area contributed by atoms with Gasteiger partial charge in [0.25, 0.3) is 0 Å². The summed E-state index contributed by atoms with van der Waals surface area (Å²) >= 11 is 0. The summed E-state index contributed by atoms with van der Waals surface area (Å²) in [5.41, 5.74) is 0.229. The first-order chi connectivity index (χ1) is 20.2. The van der Waals surface area contributed by atoms with Gasteiger partial charge in [-0.3, -0.25) is 14.5 Å². The predicted molar refractivity (Wildman–Crippen MR) is 155 cm³/mol. The molecule has 234 valence electrons. The van der Waals surface area contributed by atoms with Crippen molar-refractivity contribution in [2.24, 2.45) is 7.05 Å². The molecule has 1 heterocycles. The summed E-state index contributed by atoms with van der Waals surface area (Å²) in [6, 6.07) is 3.14. The molecule has 3 aromatic rings. The molecule has 0 aliphatic rings. The average molecular weight is 597 g/mol. The van der Waals surface area contributed by atoms with Gasteiger partial charge >= 0.3 is 5.97 Å². The minimum atomic E-state index is -0.913. The molecule has 5 N–H and O–H groups in total. The number of carboxylic acids is 1. The molecular formula is C28H40N2O12. The molecule has 14 nitrogen and oxygen atoms in total. The van der Waals surface area contributed by atoms with Crippen LogP contribution < -0.4 is 29.1 Å². The number of phenols is 1. The summed E-state index contributed by atoms with van der Waals surface area (Å²) in [4.78, 5) is 25.9. The lowest BCUT2D eigenvalue weighted by molar-refractivity contribution is -0.137. The van der Waals surface area contributed by atoms with Crippen molar-refractivity contribution in [3.63, 3.8) is 0 Å². The van der Waals surface area contributed by atoms with E-state index in [1.54, 1.807) is 28.6 Å². The number of aromatic hydroxyl groups is 1. The van der Waals surface area contributed by atoms with E-state index >= 15 is 0 Å². The zero-order valence-corrected chi connectivity index (χ0v) is 24.5. The number of benzene rings is 2. The number of nitrogens with zero attached hydrogens (tertiary/aromatic N) is 2. The average Bonchev–Trinajstić information content (AvgIpc) is 2.97. The van der Waals surface area contributed by atoms with Crippen molar-refractivity contribution in [3.8, 4) is 34.5 Å². The van der Waals surface area contributed by atoms with Gasteiger partial charge in [-0.05, 0) is 18.6 Å². The fourth-order valence-electron chi connectivity index (χ4n) is 4.55. The number of hydrogen-bond donors (Lipinski definition) is 5. The highest BCUT2D eigenvalue weighted by Crippen LogP contribution is 2.50. The summed E-state index contributed by atoms with van der Waals surface area (Å²) < 4.78 is 29.1. The van der Waals surface area contributed by atoms with E-state index in [0.29, 0.717) is 37.3 Å². The standard InChI is InChI=1S/C22H25NO9.C6H15NO3/c1-23-15-11(8-9-12(19(15)28-2)32-10-6-7-13(24)25)17(26)14-16(23)20(29-3)22(31-5)21(30-4)18(14)27;8-4-1-7(2-5-9)3-6-10/h8-9,27H,6-7,10H2,1-5H3,(H,24,25);8-10H,1-6H2. The Kier molecular flexibility index (Phi) is 13.4. The van der Waals surface area contributed by atoms with E-state index in [9.17, 15) is 14.7 Å². The Balaban J connectivity index is 0.000000528. The molecule has 0 fully saturated rings. The number of carboxylic acid groups (broad SMARTS) is 1. The zero-order valence-electron chi connectivity index (χ0n) is 24.5. The van der Waals surface area contributed by atoms with E-state index in [2.05, 4.69) is 0 Å². The van der Waals surface area contributed by atoms with Crippen molar-refractivity contribution in [2.75, 3.05) is 74.5 Å². The molecule has 0 amide bonds. The van der Waals surface area contributed by atoms with Gasteiger partial charge in [0.2, 0.25) is 16.9 Å². The number of ether oxygens (including phenoxy) is 5. The van der Waals surface area contributed by atoms with Crippen LogP contribution in [0.15, 0.2) is 16.9 Å². The number of aromatic nitrogens is 1. The van der Waals surface area contributed by atoms with Crippen molar-refractivity contribution < 1.29 is 54.0 Å². The van der Waals surface area contributed by atoms with Crippen LogP contribution in [0, 0.1) is 0 Å². The van der Waals surface area contributed by atoms with Crippen molar-refractivity contribution >= 4 is 27.8 Å². The molecule has 42 heavy (non-hydrogen) atoms. The van der Waals surface area contributed by atoms with Crippen molar-refractivity contribution in [2.45, 2.75) is 12.8 Å². The number of pyridine rings is 1. The lowest BCUT2D eigenvalue weighted by atomic mass is 10.1. The molecule has 0 spiro atoms. The van der Waals surface area contributed by atoms with E-state index in [-0.39, 0.29) is 77.9 Å². The van der Waals surface area contributed by atoms with Gasteiger partial charge in [0.15, 0.2) is 23.0 Å². The molecular weight excluding hydrogens is 556 g/mol. The maximum absolute atomic E-state index is 13.4. The van der Waals surface area contributed by atoms with Crippen LogP contribution in [-0.4, -0.2) is 115 Å². The fourth-order valence-corrected chi connectivity index (χ4v) is 4.55. The van der Waals surface area contributed by atoms with Gasteiger partial charge in [0.1, 0.15) is 5.52 Å². The van der Waals surface area contributed by atoms with Gasteiger partial charge in [-0.15, -0.1) is 0 Å². The summed E-state index contributed by atoms with van der Waals surface area (Å²) in [5.74, 6) is -0.319. The van der Waals surface area contributed by atoms with Crippen molar-refractivity contribution in [1.82, 2.24) is 9.47 Å². The molecule has 1 aromatic heterocycles. The highest BCUT2D eigenvalue weighted by Gasteiger charge is 2.28. The largest absolute Gasteiger partial charge is 0.504 e. The third-order valence-corrected chi connectivity index (χ3v) is 6.41. The number of aliphatic hydroxyl groups is 3. The van der Waals surface area contributed by atoms with E-state index < -0.39 is 11.4 Å². The fraction of sp³-hybridized carbons (Fsp3) is 0.500. The zero-order chi connectivity index (χ0) is 31.4. The Labute approximate surface area is 242 Å². The number of aryl methyl sites for hydroxylation is 1. The molecule has 2 aromatic carbocycles. The third-order valence-electron chi connectivity index (χ3n) is 6.41. The Morgan fingerprint density at radius 2 is 1.38 bits per heavy atom. The second-order valence-electron chi connectivity index (χ2n) is 8.91. The lowest BCUT2D eigenvalue weighted by Crippen LogP contribution is -2.32. The van der Waals surface area contributed by atoms with Gasteiger partial charge in [-0.25, -0.2) is 0 Å². The maximum atomic E-state index is 13.4. The van der Waals surface area contributed by atoms with Gasteiger partial charge in [-0.2, -0.15) is 0 Å². The molecule has 0 bridgehead atoms. The van der Waals surface area contributed by atoms with E-state index in [0.717, 1.165) is 0 Å². The van der Waals surface area contributed by atoms with Gasteiger partial charge < -0.3 is 53.8 Å². The molecule has 0 atom stereocenters. The van der Waals surface area contributed by atoms with Crippen LogP contribution in [0.25, 0.3) is 21.8 Å². The summed E-state index contributed by atoms with van der Waals surface area (Å²) in [6.07, 6.45) is 0.281. The Bertz CT molecular complexity index is 1390. The smallest absolute Gasteiger partial charge is 0.303 e. The second kappa shape index (κ2) is 16.5.